The molecule has 10 heteroatoms. The fourth-order valence-electron chi connectivity index (χ4n) is 5.41. The van der Waals surface area contributed by atoms with Crippen LogP contribution in [0, 0.1) is 11.8 Å². The van der Waals surface area contributed by atoms with Crippen LogP contribution in [0.25, 0.3) is 0 Å². The number of hydrogen-bond donors (Lipinski definition) is 2. The predicted octanol–water partition coefficient (Wildman–Crippen LogP) is 2.71. The number of nitrogens with two attached hydrogens (primary N) is 1. The number of hydrogen-bond acceptors (Lipinski definition) is 7. The van der Waals surface area contributed by atoms with Crippen molar-refractivity contribution >= 4 is 23.8 Å². The Bertz CT molecular complexity index is 1190. The highest BCUT2D eigenvalue weighted by atomic mass is 16.6. The number of benzene rings is 1. The van der Waals surface area contributed by atoms with E-state index in [-0.39, 0.29) is 43.0 Å². The first-order valence-electron chi connectivity index (χ1n) is 14.1. The minimum atomic E-state index is -0.655. The van der Waals surface area contributed by atoms with E-state index in [0.717, 1.165) is 36.8 Å². The van der Waals surface area contributed by atoms with Gasteiger partial charge in [0.05, 0.1) is 13.2 Å². The Hall–Kier alpha value is -3.42. The van der Waals surface area contributed by atoms with Crippen LogP contribution < -0.4 is 11.1 Å². The Morgan fingerprint density at radius 2 is 1.88 bits per heavy atom. The summed E-state index contributed by atoms with van der Waals surface area (Å²) < 4.78 is 11.4. The summed E-state index contributed by atoms with van der Waals surface area (Å²) in [7, 11) is 0. The molecule has 0 aromatic heterocycles. The zero-order chi connectivity index (χ0) is 28.9. The Balaban J connectivity index is 1.28. The molecule has 1 aromatic carbocycles. The van der Waals surface area contributed by atoms with E-state index in [1.807, 2.05) is 26.8 Å². The molecule has 3 N–H and O–H groups in total. The van der Waals surface area contributed by atoms with Gasteiger partial charge in [0.25, 0.3) is 5.91 Å². The molecule has 4 amide bonds. The highest BCUT2D eigenvalue weighted by Crippen LogP contribution is 2.29. The van der Waals surface area contributed by atoms with Crippen LogP contribution in [0.1, 0.15) is 87.2 Å². The summed E-state index contributed by atoms with van der Waals surface area (Å²) in [4.78, 5) is 53.0. The van der Waals surface area contributed by atoms with Crippen molar-refractivity contribution in [3.8, 4) is 11.8 Å². The van der Waals surface area contributed by atoms with Crippen LogP contribution >= 0.6 is 0 Å². The number of nitrogens with zero attached hydrogens (tertiary/aromatic N) is 2. The van der Waals surface area contributed by atoms with Crippen molar-refractivity contribution in [2.45, 2.75) is 96.0 Å². The zero-order valence-electron chi connectivity index (χ0n) is 23.7. The van der Waals surface area contributed by atoms with Crippen molar-refractivity contribution < 1.29 is 28.7 Å². The lowest BCUT2D eigenvalue weighted by atomic mass is 9.91. The molecule has 2 heterocycles. The third-order valence-electron chi connectivity index (χ3n) is 7.46. The maximum Gasteiger partial charge on any atom is 0.410 e. The molecule has 10 nitrogen and oxygen atoms in total. The van der Waals surface area contributed by atoms with Crippen LogP contribution in [0.4, 0.5) is 4.79 Å². The summed E-state index contributed by atoms with van der Waals surface area (Å²) in [6, 6.07) is 5.03. The number of piperidine rings is 1. The number of carbonyl (C=O) groups excluding carboxylic acids is 4. The molecule has 2 aliphatic heterocycles. The van der Waals surface area contributed by atoms with Crippen LogP contribution in [0.2, 0.25) is 0 Å². The Labute approximate surface area is 235 Å². The average Bonchev–Trinajstić information content (AvgIpc) is 3.22. The van der Waals surface area contributed by atoms with Crippen LogP contribution in [0.5, 0.6) is 0 Å². The smallest absolute Gasteiger partial charge is 0.410 e. The molecule has 1 aliphatic carbocycles. The molecule has 4 rings (SSSR count). The number of amides is 4. The van der Waals surface area contributed by atoms with Crippen molar-refractivity contribution in [1.29, 1.82) is 0 Å². The molecule has 2 fully saturated rings. The minimum Gasteiger partial charge on any atom is -0.444 e. The third kappa shape index (κ3) is 7.40. The maximum atomic E-state index is 13.0. The molecule has 1 saturated heterocycles. The van der Waals surface area contributed by atoms with Crippen LogP contribution in [-0.2, 0) is 25.6 Å². The van der Waals surface area contributed by atoms with Gasteiger partial charge in [0.2, 0.25) is 11.8 Å². The molecule has 3 aliphatic rings. The summed E-state index contributed by atoms with van der Waals surface area (Å²) in [5.41, 5.74) is 7.56. The van der Waals surface area contributed by atoms with E-state index in [9.17, 15) is 19.2 Å². The molecule has 216 valence electrons. The molecule has 1 unspecified atom stereocenters. The molecule has 0 spiro atoms. The number of carbonyl (C=O) groups is 4. The van der Waals surface area contributed by atoms with Gasteiger partial charge in [-0.15, -0.1) is 0 Å². The summed E-state index contributed by atoms with van der Waals surface area (Å²) in [6.45, 7) is 7.08. The molecule has 1 atom stereocenters. The third-order valence-corrected chi connectivity index (χ3v) is 7.46. The molecule has 1 aromatic rings. The molecular weight excluding hydrogens is 512 g/mol. The van der Waals surface area contributed by atoms with Crippen molar-refractivity contribution in [1.82, 2.24) is 15.1 Å². The van der Waals surface area contributed by atoms with Gasteiger partial charge in [0.15, 0.2) is 0 Å². The van der Waals surface area contributed by atoms with Gasteiger partial charge in [0, 0.05) is 49.1 Å². The van der Waals surface area contributed by atoms with E-state index >= 15 is 0 Å². The topological polar surface area (TPSA) is 131 Å². The van der Waals surface area contributed by atoms with Gasteiger partial charge >= 0.3 is 6.09 Å². The lowest BCUT2D eigenvalue weighted by molar-refractivity contribution is -0.136. The lowest BCUT2D eigenvalue weighted by Crippen LogP contribution is -2.52. The summed E-state index contributed by atoms with van der Waals surface area (Å²) in [5, 5.41) is 2.32. The lowest BCUT2D eigenvalue weighted by Gasteiger charge is -2.36. The molecular formula is C30H40N4O6. The monoisotopic (exact) mass is 552 g/mol. The van der Waals surface area contributed by atoms with E-state index in [0.29, 0.717) is 38.2 Å². The second kappa shape index (κ2) is 12.8. The average molecular weight is 553 g/mol. The SMILES string of the molecule is CC(C)(C)OC(=O)N(CCOCCC#Cc1cccc2c1CN(C1CCC(=O)NC1=O)C2=O)[C@H]1CC[C@@H](N)CC1. The fraction of sp³-hybridized carbons (Fsp3) is 0.600. The van der Waals surface area contributed by atoms with E-state index in [4.69, 9.17) is 15.2 Å². The second-order valence-electron chi connectivity index (χ2n) is 11.6. The van der Waals surface area contributed by atoms with Gasteiger partial charge < -0.3 is 25.0 Å². The van der Waals surface area contributed by atoms with Gasteiger partial charge in [-0.25, -0.2) is 4.79 Å². The first-order chi connectivity index (χ1) is 19.0. The largest absolute Gasteiger partial charge is 0.444 e. The van der Waals surface area contributed by atoms with Crippen LogP contribution in [0.3, 0.4) is 0 Å². The molecule has 1 saturated carbocycles. The van der Waals surface area contributed by atoms with Crippen molar-refractivity contribution in [2.75, 3.05) is 19.8 Å². The Morgan fingerprint density at radius 1 is 1.12 bits per heavy atom. The van der Waals surface area contributed by atoms with E-state index in [2.05, 4.69) is 17.2 Å². The normalized spacial score (nSPS) is 22.8. The van der Waals surface area contributed by atoms with Gasteiger partial charge in [0.1, 0.15) is 11.6 Å². The van der Waals surface area contributed by atoms with Gasteiger partial charge in [-0.3, -0.25) is 19.7 Å². The summed E-state index contributed by atoms with van der Waals surface area (Å²) >= 11 is 0. The first kappa shape index (κ1) is 29.6. The second-order valence-corrected chi connectivity index (χ2v) is 11.6. The maximum absolute atomic E-state index is 13.0. The van der Waals surface area contributed by atoms with Gasteiger partial charge in [-0.1, -0.05) is 17.9 Å². The standard InChI is InChI=1S/C30H40N4O6/c1-30(2,3)40-29(38)33(22-12-10-21(31)11-13-22)16-18-39-17-5-4-7-20-8-6-9-23-24(20)19-34(28(23)37)25-14-15-26(35)32-27(25)36/h6,8-9,21-22,25H,5,10-19,31H2,1-3H3,(H,32,35,36)/t21-,22+,25?. The van der Waals surface area contributed by atoms with E-state index in [1.54, 1.807) is 17.0 Å². The molecule has 0 bridgehead atoms. The number of fused-ring (bicyclic) bond motifs is 1. The molecule has 0 radical (unpaired) electrons. The zero-order valence-corrected chi connectivity index (χ0v) is 23.7. The predicted molar refractivity (Wildman–Crippen MR) is 148 cm³/mol. The van der Waals surface area contributed by atoms with Crippen LogP contribution in [-0.4, -0.2) is 77.1 Å². The number of ether oxygens (including phenoxy) is 2. The number of nitrogens with one attached hydrogen (secondary N) is 1. The summed E-state index contributed by atoms with van der Waals surface area (Å²) in [5.74, 6) is 5.31. The Morgan fingerprint density at radius 3 is 2.58 bits per heavy atom. The van der Waals surface area contributed by atoms with Crippen molar-refractivity contribution in [3.63, 3.8) is 0 Å². The summed E-state index contributed by atoms with van der Waals surface area (Å²) in [6.07, 6.45) is 4.19. The van der Waals surface area contributed by atoms with Crippen molar-refractivity contribution in [2.24, 2.45) is 5.73 Å². The van der Waals surface area contributed by atoms with E-state index in [1.165, 1.54) is 4.90 Å². The minimum absolute atomic E-state index is 0.0978. The number of rotatable bonds is 7. The Kier molecular flexibility index (Phi) is 9.48. The fourth-order valence-corrected chi connectivity index (χ4v) is 5.41. The number of imide groups is 1. The highest BCUT2D eigenvalue weighted by Gasteiger charge is 2.39. The van der Waals surface area contributed by atoms with E-state index < -0.39 is 17.6 Å². The first-order valence-corrected chi connectivity index (χ1v) is 14.1. The highest BCUT2D eigenvalue weighted by molar-refractivity contribution is 6.05. The van der Waals surface area contributed by atoms with Gasteiger partial charge in [-0.05, 0) is 70.6 Å². The molecule has 40 heavy (non-hydrogen) atoms. The van der Waals surface area contributed by atoms with Gasteiger partial charge in [-0.2, -0.15) is 0 Å². The quantitative estimate of drug-likeness (QED) is 0.302. The van der Waals surface area contributed by atoms with Crippen molar-refractivity contribution in [3.05, 3.63) is 34.9 Å². The van der Waals surface area contributed by atoms with Crippen LogP contribution in [0.15, 0.2) is 18.2 Å².